The van der Waals surface area contributed by atoms with Crippen LogP contribution in [0.3, 0.4) is 0 Å². The predicted molar refractivity (Wildman–Crippen MR) is 78.1 cm³/mol. The minimum Gasteiger partial charge on any atom is -0.435 e. The fourth-order valence-corrected chi connectivity index (χ4v) is 2.20. The van der Waals surface area contributed by atoms with Crippen molar-refractivity contribution >= 4 is 0 Å². The van der Waals surface area contributed by atoms with Gasteiger partial charge in [-0.15, -0.1) is 0 Å². The first kappa shape index (κ1) is 16.9. The van der Waals surface area contributed by atoms with Crippen LogP contribution in [0.4, 0.5) is 8.78 Å². The van der Waals surface area contributed by atoms with E-state index in [-0.39, 0.29) is 5.75 Å². The third kappa shape index (κ3) is 6.85. The van der Waals surface area contributed by atoms with Gasteiger partial charge in [-0.05, 0) is 30.5 Å². The van der Waals surface area contributed by atoms with Gasteiger partial charge in [0.05, 0.1) is 0 Å². The van der Waals surface area contributed by atoms with Gasteiger partial charge in [-0.1, -0.05) is 45.2 Å². The molecular weight excluding hydrogens is 260 g/mol. The summed E-state index contributed by atoms with van der Waals surface area (Å²) < 4.78 is 28.4. The number of hydrogen-bond donors (Lipinski definition) is 1. The summed E-state index contributed by atoms with van der Waals surface area (Å²) >= 11 is 0. The maximum atomic E-state index is 12.0. The Balaban J connectivity index is 2.42. The number of ether oxygens (including phenoxy) is 1. The van der Waals surface area contributed by atoms with Crippen LogP contribution in [0.1, 0.15) is 51.5 Å². The SMILES string of the molecule is CCCCC(CCC)NCc1ccc(OC(F)F)cc1. The van der Waals surface area contributed by atoms with Crippen molar-refractivity contribution in [2.75, 3.05) is 0 Å². The van der Waals surface area contributed by atoms with Crippen molar-refractivity contribution in [3.05, 3.63) is 29.8 Å². The summed E-state index contributed by atoms with van der Waals surface area (Å²) in [6.07, 6.45) is 5.98. The van der Waals surface area contributed by atoms with E-state index in [0.29, 0.717) is 6.04 Å². The molecule has 0 aliphatic carbocycles. The molecule has 0 aliphatic heterocycles. The molecule has 1 aromatic carbocycles. The molecular formula is C16H25F2NO. The molecule has 0 radical (unpaired) electrons. The molecule has 0 bridgehead atoms. The van der Waals surface area contributed by atoms with Gasteiger partial charge in [-0.2, -0.15) is 8.78 Å². The molecule has 4 heteroatoms. The third-order valence-electron chi connectivity index (χ3n) is 3.29. The molecule has 0 aromatic heterocycles. The standard InChI is InChI=1S/C16H25F2NO/c1-3-5-7-14(6-4-2)19-12-13-8-10-15(11-9-13)20-16(17)18/h8-11,14,16,19H,3-7,12H2,1-2H3. The molecule has 20 heavy (non-hydrogen) atoms. The molecule has 114 valence electrons. The highest BCUT2D eigenvalue weighted by atomic mass is 19.3. The van der Waals surface area contributed by atoms with Gasteiger partial charge in [0.2, 0.25) is 0 Å². The highest BCUT2D eigenvalue weighted by Crippen LogP contribution is 2.15. The third-order valence-corrected chi connectivity index (χ3v) is 3.29. The van der Waals surface area contributed by atoms with E-state index in [1.807, 2.05) is 12.1 Å². The van der Waals surface area contributed by atoms with E-state index in [0.717, 1.165) is 12.1 Å². The van der Waals surface area contributed by atoms with Crippen molar-refractivity contribution in [1.29, 1.82) is 0 Å². The van der Waals surface area contributed by atoms with Crippen LogP contribution in [0.15, 0.2) is 24.3 Å². The van der Waals surface area contributed by atoms with E-state index >= 15 is 0 Å². The minimum atomic E-state index is -2.76. The summed E-state index contributed by atoms with van der Waals surface area (Å²) in [5, 5.41) is 3.54. The molecule has 0 saturated heterocycles. The second kappa shape index (κ2) is 9.70. The number of halogens is 2. The van der Waals surface area contributed by atoms with E-state index in [1.54, 1.807) is 12.1 Å². The molecule has 0 fully saturated rings. The topological polar surface area (TPSA) is 21.3 Å². The smallest absolute Gasteiger partial charge is 0.387 e. The van der Waals surface area contributed by atoms with Crippen LogP contribution < -0.4 is 10.1 Å². The van der Waals surface area contributed by atoms with Crippen molar-refractivity contribution in [3.8, 4) is 5.75 Å². The Morgan fingerprint density at radius 2 is 1.75 bits per heavy atom. The van der Waals surface area contributed by atoms with E-state index in [1.165, 1.54) is 32.1 Å². The zero-order valence-electron chi connectivity index (χ0n) is 12.4. The molecule has 0 heterocycles. The minimum absolute atomic E-state index is 0.208. The quantitative estimate of drug-likeness (QED) is 0.670. The lowest BCUT2D eigenvalue weighted by Crippen LogP contribution is -2.28. The molecule has 1 N–H and O–H groups in total. The molecule has 1 atom stereocenters. The average molecular weight is 285 g/mol. The van der Waals surface area contributed by atoms with Crippen LogP contribution in [0, 0.1) is 0 Å². The van der Waals surface area contributed by atoms with E-state index in [9.17, 15) is 8.78 Å². The first-order chi connectivity index (χ1) is 9.65. The molecule has 1 aromatic rings. The van der Waals surface area contributed by atoms with Crippen LogP contribution in [-0.4, -0.2) is 12.7 Å². The van der Waals surface area contributed by atoms with E-state index in [2.05, 4.69) is 23.9 Å². The van der Waals surface area contributed by atoms with Crippen LogP contribution in [0.2, 0.25) is 0 Å². The summed E-state index contributed by atoms with van der Waals surface area (Å²) in [6.45, 7) is 2.40. The van der Waals surface area contributed by atoms with Gasteiger partial charge >= 0.3 is 6.61 Å². The summed E-state index contributed by atoms with van der Waals surface area (Å²) in [7, 11) is 0. The number of rotatable bonds is 10. The Bertz CT molecular complexity index is 354. The number of alkyl halides is 2. The highest BCUT2D eigenvalue weighted by molar-refractivity contribution is 5.27. The number of nitrogens with one attached hydrogen (secondary N) is 1. The van der Waals surface area contributed by atoms with Crippen molar-refractivity contribution < 1.29 is 13.5 Å². The first-order valence-corrected chi connectivity index (χ1v) is 7.42. The monoisotopic (exact) mass is 285 g/mol. The zero-order valence-corrected chi connectivity index (χ0v) is 12.4. The van der Waals surface area contributed by atoms with Gasteiger partial charge in [-0.3, -0.25) is 0 Å². The van der Waals surface area contributed by atoms with Crippen molar-refractivity contribution in [2.24, 2.45) is 0 Å². The summed E-state index contributed by atoms with van der Waals surface area (Å²) in [5.41, 5.74) is 1.09. The van der Waals surface area contributed by atoms with Crippen LogP contribution in [-0.2, 0) is 6.54 Å². The molecule has 2 nitrogen and oxygen atoms in total. The largest absolute Gasteiger partial charge is 0.435 e. The Kier molecular flexibility index (Phi) is 8.19. The number of benzene rings is 1. The lowest BCUT2D eigenvalue weighted by Gasteiger charge is -2.18. The van der Waals surface area contributed by atoms with Gasteiger partial charge in [-0.25, -0.2) is 0 Å². The van der Waals surface area contributed by atoms with Gasteiger partial charge in [0.1, 0.15) is 5.75 Å². The summed E-state index contributed by atoms with van der Waals surface area (Å²) in [5.74, 6) is 0.208. The van der Waals surface area contributed by atoms with Crippen molar-refractivity contribution in [1.82, 2.24) is 5.32 Å². The van der Waals surface area contributed by atoms with Crippen molar-refractivity contribution in [3.63, 3.8) is 0 Å². The van der Waals surface area contributed by atoms with Gasteiger partial charge in [0, 0.05) is 12.6 Å². The van der Waals surface area contributed by atoms with E-state index < -0.39 is 6.61 Å². The van der Waals surface area contributed by atoms with Crippen molar-refractivity contribution in [2.45, 2.75) is 65.1 Å². The van der Waals surface area contributed by atoms with Crippen LogP contribution in [0.25, 0.3) is 0 Å². The van der Waals surface area contributed by atoms with Gasteiger partial charge in [0.25, 0.3) is 0 Å². The van der Waals surface area contributed by atoms with Gasteiger partial charge < -0.3 is 10.1 Å². The highest BCUT2D eigenvalue weighted by Gasteiger charge is 2.07. The van der Waals surface area contributed by atoms with E-state index in [4.69, 9.17) is 0 Å². The lowest BCUT2D eigenvalue weighted by molar-refractivity contribution is -0.0498. The molecule has 1 rings (SSSR count). The lowest BCUT2D eigenvalue weighted by atomic mass is 10.0. The first-order valence-electron chi connectivity index (χ1n) is 7.42. The Morgan fingerprint density at radius 3 is 2.30 bits per heavy atom. The number of hydrogen-bond acceptors (Lipinski definition) is 2. The zero-order chi connectivity index (χ0) is 14.8. The summed E-state index contributed by atoms with van der Waals surface area (Å²) in [4.78, 5) is 0. The normalized spacial score (nSPS) is 12.7. The fraction of sp³-hybridized carbons (Fsp3) is 0.625. The van der Waals surface area contributed by atoms with Crippen LogP contribution in [0.5, 0.6) is 5.75 Å². The van der Waals surface area contributed by atoms with Gasteiger partial charge in [0.15, 0.2) is 0 Å². The molecule has 1 unspecified atom stereocenters. The molecule has 0 amide bonds. The maximum Gasteiger partial charge on any atom is 0.387 e. The predicted octanol–water partition coefficient (Wildman–Crippen LogP) is 4.74. The average Bonchev–Trinajstić information content (AvgIpc) is 2.43. The second-order valence-corrected chi connectivity index (χ2v) is 5.03. The Morgan fingerprint density at radius 1 is 1.05 bits per heavy atom. The Hall–Kier alpha value is -1.16. The number of unbranched alkanes of at least 4 members (excludes halogenated alkanes) is 1. The Labute approximate surface area is 120 Å². The van der Waals surface area contributed by atoms with Crippen LogP contribution >= 0.6 is 0 Å². The fourth-order valence-electron chi connectivity index (χ4n) is 2.20. The molecule has 0 spiro atoms. The second-order valence-electron chi connectivity index (χ2n) is 5.03. The maximum absolute atomic E-state index is 12.0. The molecule has 0 aliphatic rings. The summed E-state index contributed by atoms with van der Waals surface area (Å²) in [6, 6.07) is 7.37. The molecule has 0 saturated carbocycles.